The van der Waals surface area contributed by atoms with Crippen LogP contribution in [-0.4, -0.2) is 0 Å². The maximum atomic E-state index is 5.25. The second kappa shape index (κ2) is 6.85. The maximum absolute atomic E-state index is 5.25. The molecule has 1 aromatic carbocycles. The van der Waals surface area contributed by atoms with Gasteiger partial charge in [0, 0.05) is 0 Å². The minimum absolute atomic E-state index is 0. The molecule has 0 unspecified atom stereocenters. The van der Waals surface area contributed by atoms with E-state index in [1.807, 2.05) is 0 Å². The van der Waals surface area contributed by atoms with E-state index in [4.69, 9.17) is 6.42 Å². The Balaban J connectivity index is 0. The molecule has 1 rings (SSSR count). The molecule has 1 aromatic rings. The van der Waals surface area contributed by atoms with Gasteiger partial charge in [0.2, 0.25) is 0 Å². The Morgan fingerprint density at radius 3 is 1.62 bits per heavy atom. The van der Waals surface area contributed by atoms with Crippen LogP contribution in [0.5, 0.6) is 0 Å². The Bertz CT molecular complexity index is 228. The summed E-state index contributed by atoms with van der Waals surface area (Å²) in [5.41, 5.74) is 1.69. The second-order valence-corrected chi connectivity index (χ2v) is 3.62. The van der Waals surface area contributed by atoms with Crippen LogP contribution in [0.1, 0.15) is 26.3 Å². The van der Waals surface area contributed by atoms with Gasteiger partial charge in [0.1, 0.15) is 0 Å². The zero-order valence-electron chi connectivity index (χ0n) is 8.96. The molecule has 0 aliphatic carbocycles. The van der Waals surface area contributed by atoms with Gasteiger partial charge in [-0.3, -0.25) is 0 Å². The molecule has 13 heavy (non-hydrogen) atoms. The Kier molecular flexibility index (Phi) is 7.84. The monoisotopic (exact) mass is 166 g/mol. The van der Waals surface area contributed by atoms with Crippen molar-refractivity contribution in [3.05, 3.63) is 42.3 Å². The Labute approximate surface area is 93.9 Å². The quantitative estimate of drug-likeness (QED) is 0.293. The van der Waals surface area contributed by atoms with E-state index in [1.54, 1.807) is 0 Å². The second-order valence-electron chi connectivity index (χ2n) is 3.62. The van der Waals surface area contributed by atoms with Crippen LogP contribution in [0.4, 0.5) is 0 Å². The van der Waals surface area contributed by atoms with E-state index in [0.29, 0.717) is 5.41 Å². The van der Waals surface area contributed by atoms with Gasteiger partial charge in [0.05, 0.1) is 0 Å². The topological polar surface area (TPSA) is 0 Å². The summed E-state index contributed by atoms with van der Waals surface area (Å²) in [6.07, 6.45) is 9.00. The summed E-state index contributed by atoms with van der Waals surface area (Å²) in [6.45, 7) is 6.67. The predicted octanol–water partition coefficient (Wildman–Crippen LogP) is 0.194. The molecule has 0 heterocycles. The van der Waals surface area contributed by atoms with Gasteiger partial charge in [-0.25, -0.2) is 0 Å². The minimum atomic E-state index is 0. The summed E-state index contributed by atoms with van der Waals surface area (Å²) in [7, 11) is 0. The van der Waals surface area contributed by atoms with Gasteiger partial charge in [-0.1, -0.05) is 51.1 Å². The van der Waals surface area contributed by atoms with E-state index in [1.165, 1.54) is 5.56 Å². The molecular weight excluding hydrogens is 151 g/mol. The van der Waals surface area contributed by atoms with E-state index >= 15 is 0 Å². The summed E-state index contributed by atoms with van der Waals surface area (Å²) in [6, 6.07) is 10.6. The molecule has 0 saturated carbocycles. The Hall–Kier alpha value is -0.623. The third-order valence-electron chi connectivity index (χ3n) is 1.64. The fraction of sp³-hybridized carbons (Fsp3) is 0.333. The van der Waals surface area contributed by atoms with Gasteiger partial charge >= 0.3 is 18.9 Å². The van der Waals surface area contributed by atoms with Crippen molar-refractivity contribution in [1.82, 2.24) is 0 Å². The molecular formula is C12H15Li. The van der Waals surface area contributed by atoms with Crippen molar-refractivity contribution in [3.8, 4) is 6.42 Å². The van der Waals surface area contributed by atoms with Crippen LogP contribution in [0.3, 0.4) is 0 Å². The maximum Gasteiger partial charge on any atom is 1.00 e. The minimum Gasteiger partial charge on any atom is -0.697 e. The van der Waals surface area contributed by atoms with Crippen molar-refractivity contribution in [2.24, 2.45) is 0 Å². The molecule has 0 radical (unpaired) electrons. The summed E-state index contributed by atoms with van der Waals surface area (Å²) in [4.78, 5) is 0. The molecule has 0 aliphatic rings. The van der Waals surface area contributed by atoms with Crippen LogP contribution in [0, 0.1) is 12.8 Å². The SMILES string of the molecule is CC(C)(C)c1ccccc1.[C-]#C.[Li+]. The molecule has 0 N–H and O–H groups in total. The number of hydrogen-bond donors (Lipinski definition) is 0. The molecule has 0 aliphatic heterocycles. The van der Waals surface area contributed by atoms with Crippen LogP contribution in [-0.2, 0) is 5.41 Å². The van der Waals surface area contributed by atoms with Crippen molar-refractivity contribution >= 4 is 0 Å². The average Bonchev–Trinajstić information content (AvgIpc) is 2.08. The van der Waals surface area contributed by atoms with E-state index < -0.39 is 0 Å². The van der Waals surface area contributed by atoms with E-state index in [0.717, 1.165) is 0 Å². The van der Waals surface area contributed by atoms with Crippen molar-refractivity contribution in [3.63, 3.8) is 0 Å². The summed E-state index contributed by atoms with van der Waals surface area (Å²) >= 11 is 0. The standard InChI is InChI=1S/C10H14.C2H.Li/c1-10(2,3)9-7-5-4-6-8-9;1-2;/h4-8H,1-3H3;1H;/q;-1;+1. The van der Waals surface area contributed by atoms with Gasteiger partial charge in [-0.15, -0.1) is 0 Å². The van der Waals surface area contributed by atoms with E-state index in [2.05, 4.69) is 57.5 Å². The largest absolute Gasteiger partial charge is 1.00 e. The van der Waals surface area contributed by atoms with Crippen molar-refractivity contribution in [2.75, 3.05) is 0 Å². The van der Waals surface area contributed by atoms with E-state index in [9.17, 15) is 0 Å². The van der Waals surface area contributed by atoms with Crippen LogP contribution >= 0.6 is 0 Å². The third-order valence-corrected chi connectivity index (χ3v) is 1.64. The fourth-order valence-electron chi connectivity index (χ4n) is 0.938. The summed E-state index contributed by atoms with van der Waals surface area (Å²) in [5, 5.41) is 0. The first-order chi connectivity index (χ1) is 5.61. The first-order valence-electron chi connectivity index (χ1n) is 3.95. The molecule has 0 saturated heterocycles. The van der Waals surface area contributed by atoms with Crippen molar-refractivity contribution < 1.29 is 18.9 Å². The zero-order chi connectivity index (χ0) is 9.61. The Morgan fingerprint density at radius 1 is 1.00 bits per heavy atom. The van der Waals surface area contributed by atoms with Crippen molar-refractivity contribution in [2.45, 2.75) is 26.2 Å². The predicted molar refractivity (Wildman–Crippen MR) is 53.3 cm³/mol. The van der Waals surface area contributed by atoms with Gasteiger partial charge in [-0.05, 0) is 11.0 Å². The normalized spacial score (nSPS) is 9.00. The average molecular weight is 166 g/mol. The molecule has 0 aromatic heterocycles. The fourth-order valence-corrected chi connectivity index (χ4v) is 0.938. The van der Waals surface area contributed by atoms with Gasteiger partial charge in [0.25, 0.3) is 0 Å². The van der Waals surface area contributed by atoms with Crippen LogP contribution < -0.4 is 18.9 Å². The van der Waals surface area contributed by atoms with Crippen LogP contribution in [0.25, 0.3) is 0 Å². The van der Waals surface area contributed by atoms with Gasteiger partial charge < -0.3 is 12.8 Å². The molecule has 0 fully saturated rings. The Morgan fingerprint density at radius 2 is 1.38 bits per heavy atom. The molecule has 0 atom stereocenters. The summed E-state index contributed by atoms with van der Waals surface area (Å²) in [5.74, 6) is 0. The first kappa shape index (κ1) is 14.9. The molecule has 0 bridgehead atoms. The summed E-state index contributed by atoms with van der Waals surface area (Å²) < 4.78 is 0. The first-order valence-corrected chi connectivity index (χ1v) is 3.95. The third kappa shape index (κ3) is 5.59. The smallest absolute Gasteiger partial charge is 0.697 e. The van der Waals surface area contributed by atoms with Crippen LogP contribution in [0.2, 0.25) is 0 Å². The molecule has 0 amide bonds. The molecule has 1 heteroatoms. The molecule has 0 nitrogen and oxygen atoms in total. The van der Waals surface area contributed by atoms with Crippen molar-refractivity contribution in [1.29, 1.82) is 0 Å². The number of rotatable bonds is 0. The molecule has 64 valence electrons. The van der Waals surface area contributed by atoms with Gasteiger partial charge in [0.15, 0.2) is 0 Å². The molecule has 0 spiro atoms. The number of benzene rings is 1. The van der Waals surface area contributed by atoms with E-state index in [-0.39, 0.29) is 18.9 Å². The number of hydrogen-bond acceptors (Lipinski definition) is 0. The number of terminal acetylenes is 1. The zero-order valence-corrected chi connectivity index (χ0v) is 8.96. The van der Waals surface area contributed by atoms with Crippen LogP contribution in [0.15, 0.2) is 30.3 Å². The van der Waals surface area contributed by atoms with Gasteiger partial charge in [-0.2, -0.15) is 0 Å².